The summed E-state index contributed by atoms with van der Waals surface area (Å²) in [4.78, 5) is 0. The fraction of sp³-hybridized carbons (Fsp3) is 0.250. The van der Waals surface area contributed by atoms with E-state index in [1.54, 1.807) is 6.07 Å². The average Bonchev–Trinajstić information content (AvgIpc) is 2.53. The van der Waals surface area contributed by atoms with Crippen molar-refractivity contribution in [3.05, 3.63) is 45.4 Å². The number of halogens is 5. The van der Waals surface area contributed by atoms with Crippen LogP contribution in [0.2, 0.25) is 10.0 Å². The molecule has 4 N–H and O–H groups in total. The number of anilines is 2. The molecule has 0 aliphatic heterocycles. The van der Waals surface area contributed by atoms with Gasteiger partial charge in [-0.1, -0.05) is 23.2 Å². The van der Waals surface area contributed by atoms with E-state index in [1.165, 1.54) is 26.4 Å². The molecular formula is C16H17Cl2F3N2O2. The van der Waals surface area contributed by atoms with Crippen molar-refractivity contribution >= 4 is 34.6 Å². The molecule has 0 spiro atoms. The maximum Gasteiger partial charge on any atom is 0.420 e. The first kappa shape index (κ1) is 21.1. The molecule has 0 atom stereocenters. The molecule has 0 saturated heterocycles. The van der Waals surface area contributed by atoms with E-state index in [-0.39, 0.29) is 11.4 Å². The van der Waals surface area contributed by atoms with Gasteiger partial charge in [-0.15, -0.1) is 0 Å². The summed E-state index contributed by atoms with van der Waals surface area (Å²) in [6.07, 6.45) is -4.43. The van der Waals surface area contributed by atoms with Gasteiger partial charge in [0.05, 0.1) is 29.8 Å². The first-order valence-electron chi connectivity index (χ1n) is 6.81. The second kappa shape index (κ2) is 8.40. The number of nitrogens with two attached hydrogens (primary N) is 2. The molecule has 0 fully saturated rings. The SMILES string of the molecule is COc1c(Cl)cc(N)c(C)c1Cl.COc1ccc(N)cc1C(F)(F)F. The maximum absolute atomic E-state index is 12.3. The minimum atomic E-state index is -4.43. The normalized spacial score (nSPS) is 10.7. The Hall–Kier alpha value is -1.99. The molecule has 25 heavy (non-hydrogen) atoms. The fourth-order valence-electron chi connectivity index (χ4n) is 1.85. The van der Waals surface area contributed by atoms with E-state index < -0.39 is 11.7 Å². The Morgan fingerprint density at radius 1 is 1.00 bits per heavy atom. The number of ether oxygens (including phenoxy) is 2. The maximum atomic E-state index is 12.3. The van der Waals surface area contributed by atoms with Crippen LogP contribution >= 0.6 is 23.2 Å². The lowest BCUT2D eigenvalue weighted by molar-refractivity contribution is -0.138. The number of nitrogen functional groups attached to an aromatic ring is 2. The van der Waals surface area contributed by atoms with Crippen molar-refractivity contribution in [2.45, 2.75) is 13.1 Å². The van der Waals surface area contributed by atoms with Gasteiger partial charge in [0, 0.05) is 11.4 Å². The standard InChI is InChI=1S/C8H9Cl2NO.C8H8F3NO/c1-4-6(11)3-5(9)8(12-2)7(4)10;1-13-7-3-2-5(12)4-6(7)8(9,10)11/h3H,11H2,1-2H3;2-4H,12H2,1H3. The second-order valence-corrected chi connectivity index (χ2v) is 5.66. The molecule has 0 amide bonds. The third-order valence-corrected chi connectivity index (χ3v) is 3.93. The minimum absolute atomic E-state index is 0.0631. The van der Waals surface area contributed by atoms with Crippen molar-refractivity contribution in [3.63, 3.8) is 0 Å². The van der Waals surface area contributed by atoms with Crippen molar-refractivity contribution in [2.75, 3.05) is 25.7 Å². The Kier molecular flexibility index (Phi) is 7.07. The topological polar surface area (TPSA) is 70.5 Å². The molecule has 2 aromatic rings. The molecule has 138 valence electrons. The Balaban J connectivity index is 0.000000251. The summed E-state index contributed by atoms with van der Waals surface area (Å²) >= 11 is 11.7. The molecule has 0 aliphatic carbocycles. The Morgan fingerprint density at radius 2 is 1.60 bits per heavy atom. The number of hydrogen-bond acceptors (Lipinski definition) is 4. The number of rotatable bonds is 2. The molecule has 0 aromatic heterocycles. The lowest BCUT2D eigenvalue weighted by Gasteiger charge is -2.11. The van der Waals surface area contributed by atoms with Crippen molar-refractivity contribution in [1.29, 1.82) is 0 Å². The molecule has 9 heteroatoms. The molecular weight excluding hydrogens is 380 g/mol. The van der Waals surface area contributed by atoms with Crippen LogP contribution in [-0.4, -0.2) is 14.2 Å². The molecule has 0 bridgehead atoms. The molecule has 0 saturated carbocycles. The summed E-state index contributed by atoms with van der Waals surface area (Å²) in [5.41, 5.74) is 11.4. The zero-order valence-corrected chi connectivity index (χ0v) is 15.2. The molecule has 2 rings (SSSR count). The van der Waals surface area contributed by atoms with Gasteiger partial charge in [-0.3, -0.25) is 0 Å². The third kappa shape index (κ3) is 5.24. The lowest BCUT2D eigenvalue weighted by atomic mass is 10.1. The highest BCUT2D eigenvalue weighted by Gasteiger charge is 2.34. The highest BCUT2D eigenvalue weighted by molar-refractivity contribution is 6.38. The molecule has 0 unspecified atom stereocenters. The van der Waals surface area contributed by atoms with E-state index in [4.69, 9.17) is 39.4 Å². The van der Waals surface area contributed by atoms with Gasteiger partial charge in [0.15, 0.2) is 5.75 Å². The summed E-state index contributed by atoms with van der Waals surface area (Å²) in [5, 5.41) is 0.910. The van der Waals surface area contributed by atoms with E-state index in [2.05, 4.69) is 4.74 Å². The van der Waals surface area contributed by atoms with Crippen molar-refractivity contribution in [1.82, 2.24) is 0 Å². The number of hydrogen-bond donors (Lipinski definition) is 2. The zero-order valence-electron chi connectivity index (χ0n) is 13.7. The minimum Gasteiger partial charge on any atom is -0.496 e. The van der Waals surface area contributed by atoms with Gasteiger partial charge in [0.2, 0.25) is 0 Å². The van der Waals surface area contributed by atoms with E-state index in [1.807, 2.05) is 6.92 Å². The predicted molar refractivity (Wildman–Crippen MR) is 94.6 cm³/mol. The van der Waals surface area contributed by atoms with Crippen molar-refractivity contribution in [3.8, 4) is 11.5 Å². The second-order valence-electron chi connectivity index (χ2n) is 4.88. The summed E-state index contributed by atoms with van der Waals surface area (Å²) in [6, 6.07) is 5.02. The van der Waals surface area contributed by atoms with Gasteiger partial charge < -0.3 is 20.9 Å². The van der Waals surface area contributed by atoms with Gasteiger partial charge in [-0.25, -0.2) is 0 Å². The van der Waals surface area contributed by atoms with Crippen LogP contribution < -0.4 is 20.9 Å². The quantitative estimate of drug-likeness (QED) is 0.685. The van der Waals surface area contributed by atoms with E-state index in [0.29, 0.717) is 21.5 Å². The molecule has 0 radical (unpaired) electrons. The fourth-order valence-corrected chi connectivity index (χ4v) is 2.47. The molecule has 0 heterocycles. The summed E-state index contributed by atoms with van der Waals surface area (Å²) in [7, 11) is 2.70. The molecule has 0 aliphatic rings. The van der Waals surface area contributed by atoms with Gasteiger partial charge in [0.1, 0.15) is 5.75 Å². The predicted octanol–water partition coefficient (Wildman–Crippen LogP) is 5.19. The van der Waals surface area contributed by atoms with E-state index in [0.717, 1.165) is 11.6 Å². The van der Waals surface area contributed by atoms with Crippen LogP contribution in [0.3, 0.4) is 0 Å². The van der Waals surface area contributed by atoms with Gasteiger partial charge in [0.25, 0.3) is 0 Å². The molecule has 4 nitrogen and oxygen atoms in total. The van der Waals surface area contributed by atoms with Gasteiger partial charge in [-0.05, 0) is 36.8 Å². The van der Waals surface area contributed by atoms with Crippen LogP contribution in [-0.2, 0) is 6.18 Å². The summed E-state index contributed by atoms with van der Waals surface area (Å²) < 4.78 is 46.4. The van der Waals surface area contributed by atoms with Crippen LogP contribution in [0, 0.1) is 6.92 Å². The highest BCUT2D eigenvalue weighted by Crippen LogP contribution is 2.38. The zero-order chi connectivity index (χ0) is 19.4. The van der Waals surface area contributed by atoms with Gasteiger partial charge >= 0.3 is 6.18 Å². The van der Waals surface area contributed by atoms with Crippen LogP contribution in [0.1, 0.15) is 11.1 Å². The largest absolute Gasteiger partial charge is 0.496 e. The van der Waals surface area contributed by atoms with Crippen molar-refractivity contribution < 1.29 is 22.6 Å². The lowest BCUT2D eigenvalue weighted by Crippen LogP contribution is -2.08. The van der Waals surface area contributed by atoms with Crippen LogP contribution in [0.25, 0.3) is 0 Å². The molecule has 2 aromatic carbocycles. The number of benzene rings is 2. The number of alkyl halides is 3. The number of methoxy groups -OCH3 is 2. The average molecular weight is 397 g/mol. The smallest absolute Gasteiger partial charge is 0.420 e. The van der Waals surface area contributed by atoms with Crippen LogP contribution in [0.15, 0.2) is 24.3 Å². The summed E-state index contributed by atoms with van der Waals surface area (Å²) in [5.74, 6) is 0.256. The third-order valence-electron chi connectivity index (χ3n) is 3.19. The first-order valence-corrected chi connectivity index (χ1v) is 7.57. The summed E-state index contributed by atoms with van der Waals surface area (Å²) in [6.45, 7) is 1.82. The Morgan fingerprint density at radius 3 is 2.08 bits per heavy atom. The Bertz CT molecular complexity index is 753. The van der Waals surface area contributed by atoms with Gasteiger partial charge in [-0.2, -0.15) is 13.2 Å². The highest BCUT2D eigenvalue weighted by atomic mass is 35.5. The first-order chi connectivity index (χ1) is 11.5. The van der Waals surface area contributed by atoms with E-state index >= 15 is 0 Å². The van der Waals surface area contributed by atoms with Crippen LogP contribution in [0.5, 0.6) is 11.5 Å². The van der Waals surface area contributed by atoms with E-state index in [9.17, 15) is 13.2 Å². The monoisotopic (exact) mass is 396 g/mol. The van der Waals surface area contributed by atoms with Crippen molar-refractivity contribution in [2.24, 2.45) is 0 Å². The Labute approximate surface area is 153 Å². The van der Waals surface area contributed by atoms with Crippen LogP contribution in [0.4, 0.5) is 24.5 Å².